The van der Waals surface area contributed by atoms with Crippen LogP contribution >= 0.6 is 11.8 Å². The van der Waals surface area contributed by atoms with E-state index in [2.05, 4.69) is 20.4 Å². The molecule has 2 N–H and O–H groups in total. The summed E-state index contributed by atoms with van der Waals surface area (Å²) in [6.07, 6.45) is 8.61. The minimum atomic E-state index is -0.601. The summed E-state index contributed by atoms with van der Waals surface area (Å²) in [6.45, 7) is 1.31. The Bertz CT molecular complexity index is 425. The zero-order chi connectivity index (χ0) is 15.5. The van der Waals surface area contributed by atoms with Crippen LogP contribution in [0.15, 0.2) is 18.7 Å². The molecule has 1 unspecified atom stereocenters. The lowest BCUT2D eigenvalue weighted by atomic mass is 10.2. The van der Waals surface area contributed by atoms with Gasteiger partial charge in [0.05, 0.1) is 13.4 Å². The Labute approximate surface area is 128 Å². The summed E-state index contributed by atoms with van der Waals surface area (Å²) < 4.78 is 6.62. The van der Waals surface area contributed by atoms with Crippen LogP contribution in [-0.4, -0.2) is 53.3 Å². The van der Waals surface area contributed by atoms with Crippen LogP contribution in [0.2, 0.25) is 0 Å². The minimum Gasteiger partial charge on any atom is -0.467 e. The molecule has 1 atom stereocenters. The lowest BCUT2D eigenvalue weighted by Gasteiger charge is -2.16. The van der Waals surface area contributed by atoms with E-state index >= 15 is 0 Å². The van der Waals surface area contributed by atoms with Crippen molar-refractivity contribution in [3.63, 3.8) is 0 Å². The standard InChI is InChI=1S/C13H22N4O3S/c1-20-12(18)11(4-9-21-2)16-13(19)15-5-3-7-17-8-6-14-10-17/h6,8,10-11H,3-5,7,9H2,1-2H3,(H2,15,16,19). The van der Waals surface area contributed by atoms with Crippen molar-refractivity contribution < 1.29 is 14.3 Å². The summed E-state index contributed by atoms with van der Waals surface area (Å²) >= 11 is 1.62. The molecule has 118 valence electrons. The SMILES string of the molecule is COC(=O)C(CCSC)NC(=O)NCCCn1ccnc1. The van der Waals surface area contributed by atoms with Gasteiger partial charge in [0.1, 0.15) is 6.04 Å². The number of esters is 1. The molecule has 0 saturated heterocycles. The van der Waals surface area contributed by atoms with E-state index in [1.165, 1.54) is 7.11 Å². The molecule has 2 amide bonds. The number of nitrogens with zero attached hydrogens (tertiary/aromatic N) is 2. The first kappa shape index (κ1) is 17.4. The number of hydrogen-bond donors (Lipinski definition) is 2. The summed E-state index contributed by atoms with van der Waals surface area (Å²) in [6, 6.07) is -0.951. The van der Waals surface area contributed by atoms with E-state index in [9.17, 15) is 9.59 Å². The van der Waals surface area contributed by atoms with E-state index in [0.717, 1.165) is 18.7 Å². The smallest absolute Gasteiger partial charge is 0.328 e. The van der Waals surface area contributed by atoms with Crippen LogP contribution in [0, 0.1) is 0 Å². The summed E-state index contributed by atoms with van der Waals surface area (Å²) in [4.78, 5) is 27.2. The Balaban J connectivity index is 2.24. The van der Waals surface area contributed by atoms with Gasteiger partial charge >= 0.3 is 12.0 Å². The summed E-state index contributed by atoms with van der Waals surface area (Å²) in [5, 5.41) is 5.37. The normalized spacial score (nSPS) is 11.7. The third kappa shape index (κ3) is 7.03. The van der Waals surface area contributed by atoms with E-state index in [1.807, 2.05) is 17.0 Å². The van der Waals surface area contributed by atoms with Gasteiger partial charge in [-0.1, -0.05) is 0 Å². The number of urea groups is 1. The molecule has 21 heavy (non-hydrogen) atoms. The molecule has 0 bridgehead atoms. The highest BCUT2D eigenvalue weighted by Gasteiger charge is 2.20. The molecule has 0 aliphatic carbocycles. The molecule has 1 aromatic rings. The maximum atomic E-state index is 11.7. The van der Waals surface area contributed by atoms with Crippen molar-refractivity contribution in [1.82, 2.24) is 20.2 Å². The van der Waals surface area contributed by atoms with Crippen LogP contribution in [0.25, 0.3) is 0 Å². The van der Waals surface area contributed by atoms with E-state index in [4.69, 9.17) is 0 Å². The minimum absolute atomic E-state index is 0.350. The number of hydrogen-bond acceptors (Lipinski definition) is 5. The van der Waals surface area contributed by atoms with Crippen LogP contribution < -0.4 is 10.6 Å². The zero-order valence-corrected chi connectivity index (χ0v) is 13.2. The van der Waals surface area contributed by atoms with Crippen LogP contribution in [0.1, 0.15) is 12.8 Å². The van der Waals surface area contributed by atoms with Crippen LogP contribution in [0.4, 0.5) is 4.79 Å². The van der Waals surface area contributed by atoms with E-state index < -0.39 is 12.0 Å². The molecular weight excluding hydrogens is 292 g/mol. The number of imidazole rings is 1. The highest BCUT2D eigenvalue weighted by Crippen LogP contribution is 2.02. The largest absolute Gasteiger partial charge is 0.467 e. The monoisotopic (exact) mass is 314 g/mol. The maximum Gasteiger partial charge on any atom is 0.328 e. The Morgan fingerprint density at radius 3 is 2.90 bits per heavy atom. The highest BCUT2D eigenvalue weighted by molar-refractivity contribution is 7.98. The first-order valence-electron chi connectivity index (χ1n) is 6.74. The van der Waals surface area contributed by atoms with Gasteiger partial charge in [-0.3, -0.25) is 0 Å². The molecular formula is C13H22N4O3S. The number of rotatable bonds is 9. The molecule has 1 rings (SSSR count). The fourth-order valence-corrected chi connectivity index (χ4v) is 2.19. The van der Waals surface area contributed by atoms with Gasteiger partial charge < -0.3 is 19.9 Å². The molecule has 0 spiro atoms. The molecule has 1 heterocycles. The number of amides is 2. The Hall–Kier alpha value is -1.70. The zero-order valence-electron chi connectivity index (χ0n) is 12.4. The number of aryl methyl sites for hydroxylation is 1. The molecule has 0 aliphatic heterocycles. The Morgan fingerprint density at radius 2 is 2.29 bits per heavy atom. The number of carbonyl (C=O) groups excluding carboxylic acids is 2. The first-order valence-corrected chi connectivity index (χ1v) is 8.13. The first-order chi connectivity index (χ1) is 10.2. The van der Waals surface area contributed by atoms with E-state index in [1.54, 1.807) is 24.3 Å². The van der Waals surface area contributed by atoms with Crippen LogP contribution in [0.5, 0.6) is 0 Å². The van der Waals surface area contributed by atoms with Gasteiger partial charge in [0, 0.05) is 25.5 Å². The number of thioether (sulfide) groups is 1. The van der Waals surface area contributed by atoms with Crippen molar-refractivity contribution in [2.45, 2.75) is 25.4 Å². The van der Waals surface area contributed by atoms with Crippen LogP contribution in [0.3, 0.4) is 0 Å². The van der Waals surface area contributed by atoms with Gasteiger partial charge in [0.25, 0.3) is 0 Å². The average Bonchev–Trinajstić information content (AvgIpc) is 3.00. The number of aromatic nitrogens is 2. The van der Waals surface area contributed by atoms with Crippen molar-refractivity contribution in [3.8, 4) is 0 Å². The van der Waals surface area contributed by atoms with Crippen LogP contribution in [-0.2, 0) is 16.1 Å². The lowest BCUT2D eigenvalue weighted by Crippen LogP contribution is -2.47. The number of ether oxygens (including phenoxy) is 1. The molecule has 1 aromatic heterocycles. The fraction of sp³-hybridized carbons (Fsp3) is 0.615. The second-order valence-corrected chi connectivity index (χ2v) is 5.40. The van der Waals surface area contributed by atoms with Crippen molar-refractivity contribution in [1.29, 1.82) is 0 Å². The van der Waals surface area contributed by atoms with Gasteiger partial charge in [-0.15, -0.1) is 0 Å². The third-order valence-electron chi connectivity index (χ3n) is 2.84. The second kappa shape index (κ2) is 10.1. The third-order valence-corrected chi connectivity index (χ3v) is 3.48. The summed E-state index contributed by atoms with van der Waals surface area (Å²) in [5.41, 5.74) is 0. The highest BCUT2D eigenvalue weighted by atomic mass is 32.2. The van der Waals surface area contributed by atoms with Crippen molar-refractivity contribution in [2.75, 3.05) is 25.7 Å². The Morgan fingerprint density at radius 1 is 1.48 bits per heavy atom. The van der Waals surface area contributed by atoms with Gasteiger partial charge in [-0.25, -0.2) is 14.6 Å². The molecule has 0 saturated carbocycles. The lowest BCUT2D eigenvalue weighted by molar-refractivity contribution is -0.142. The molecule has 0 aromatic carbocycles. The summed E-state index contributed by atoms with van der Waals surface area (Å²) in [5.74, 6) is 0.360. The van der Waals surface area contributed by atoms with Crippen molar-refractivity contribution in [2.24, 2.45) is 0 Å². The molecule has 0 fully saturated rings. The van der Waals surface area contributed by atoms with Gasteiger partial charge in [0.15, 0.2) is 0 Å². The maximum absolute atomic E-state index is 11.7. The molecule has 0 radical (unpaired) electrons. The number of methoxy groups -OCH3 is 1. The fourth-order valence-electron chi connectivity index (χ4n) is 1.72. The van der Waals surface area contributed by atoms with E-state index in [0.29, 0.717) is 13.0 Å². The summed E-state index contributed by atoms with van der Waals surface area (Å²) in [7, 11) is 1.32. The second-order valence-electron chi connectivity index (χ2n) is 4.41. The van der Waals surface area contributed by atoms with Crippen molar-refractivity contribution in [3.05, 3.63) is 18.7 Å². The number of nitrogens with one attached hydrogen (secondary N) is 2. The molecule has 0 aliphatic rings. The average molecular weight is 314 g/mol. The number of carbonyl (C=O) groups is 2. The van der Waals surface area contributed by atoms with Crippen molar-refractivity contribution >= 4 is 23.8 Å². The predicted octanol–water partition coefficient (Wildman–Crippen LogP) is 0.867. The predicted molar refractivity (Wildman–Crippen MR) is 82.2 cm³/mol. The topological polar surface area (TPSA) is 85.2 Å². The van der Waals surface area contributed by atoms with E-state index in [-0.39, 0.29) is 6.03 Å². The van der Waals surface area contributed by atoms with Gasteiger partial charge in [0.2, 0.25) is 0 Å². The van der Waals surface area contributed by atoms with Gasteiger partial charge in [-0.05, 0) is 24.9 Å². The quantitative estimate of drug-likeness (QED) is 0.522. The molecule has 8 heteroatoms. The van der Waals surface area contributed by atoms with Gasteiger partial charge in [-0.2, -0.15) is 11.8 Å². The Kier molecular flexibility index (Phi) is 8.34. The molecule has 7 nitrogen and oxygen atoms in total.